The van der Waals surface area contributed by atoms with Crippen molar-refractivity contribution in [2.75, 3.05) is 0 Å². The van der Waals surface area contributed by atoms with Gasteiger partial charge in [-0.05, 0) is 36.4 Å². The van der Waals surface area contributed by atoms with Crippen molar-refractivity contribution in [2.24, 2.45) is 0 Å². The van der Waals surface area contributed by atoms with E-state index in [4.69, 9.17) is 8.83 Å². The summed E-state index contributed by atoms with van der Waals surface area (Å²) in [6.07, 6.45) is -7.16. The topological polar surface area (TPSA) is 118 Å². The average Bonchev–Trinajstić information content (AvgIpc) is 2.82. The molecule has 0 unspecified atom stereocenters. The third-order valence-electron chi connectivity index (χ3n) is 4.82. The Morgan fingerprint density at radius 2 is 1.00 bits per heavy atom. The summed E-state index contributed by atoms with van der Waals surface area (Å²) in [5.74, 6) is -14.8. The third-order valence-corrected chi connectivity index (χ3v) is 8.29. The first-order valence-corrected chi connectivity index (χ1v) is 13.6. The van der Waals surface area contributed by atoms with Gasteiger partial charge in [-0.15, -0.1) is 0 Å². The molecule has 0 aliphatic rings. The lowest BCUT2D eigenvalue weighted by Gasteiger charge is -2.34. The molecule has 0 aliphatic carbocycles. The highest BCUT2D eigenvalue weighted by Crippen LogP contribution is 2.54. The van der Waals surface area contributed by atoms with Gasteiger partial charge in [0.25, 0.3) is 0 Å². The SMILES string of the molecule is O=S(=O)([O-])C(F)(F)C(F)(F)C(F)(F)C(F)(F)F.O=c1ccc2ccc([I+]c3ccc4ccc(=O)oc4c3)cc2o1. The smallest absolute Gasteiger partial charge is 0.460 e. The van der Waals surface area contributed by atoms with Crippen molar-refractivity contribution in [2.45, 2.75) is 23.3 Å². The number of halogens is 10. The number of rotatable bonds is 5. The summed E-state index contributed by atoms with van der Waals surface area (Å²) in [5.41, 5.74) is 0.504. The van der Waals surface area contributed by atoms with Crippen LogP contribution in [-0.2, 0) is 10.1 Å². The van der Waals surface area contributed by atoms with Crippen LogP contribution in [0.4, 0.5) is 39.5 Å². The Labute approximate surface area is 226 Å². The molecule has 40 heavy (non-hydrogen) atoms. The predicted molar refractivity (Wildman–Crippen MR) is 113 cm³/mol. The van der Waals surface area contributed by atoms with E-state index >= 15 is 0 Å². The van der Waals surface area contributed by atoms with Crippen molar-refractivity contribution in [3.8, 4) is 0 Å². The summed E-state index contributed by atoms with van der Waals surface area (Å²) < 4.78 is 148. The van der Waals surface area contributed by atoms with Gasteiger partial charge in [0.15, 0.2) is 17.3 Å². The molecule has 0 fully saturated rings. The number of alkyl halides is 9. The lowest BCUT2D eigenvalue weighted by atomic mass is 10.1. The zero-order valence-corrected chi connectivity index (χ0v) is 21.8. The van der Waals surface area contributed by atoms with Crippen LogP contribution in [-0.4, -0.2) is 36.2 Å². The summed E-state index contributed by atoms with van der Waals surface area (Å²) in [4.78, 5) is 22.7. The van der Waals surface area contributed by atoms with E-state index in [0.29, 0.717) is 11.2 Å². The van der Waals surface area contributed by atoms with Crippen LogP contribution in [0.2, 0.25) is 0 Å². The fraction of sp³-hybridized carbons (Fsp3) is 0.182. The molecule has 0 saturated carbocycles. The zero-order chi connectivity index (χ0) is 30.3. The molecule has 0 spiro atoms. The fourth-order valence-electron chi connectivity index (χ4n) is 2.83. The van der Waals surface area contributed by atoms with Crippen LogP contribution in [0.5, 0.6) is 0 Å². The van der Waals surface area contributed by atoms with E-state index in [1.807, 2.05) is 36.4 Å². The summed E-state index contributed by atoms with van der Waals surface area (Å²) >= 11 is -0.465. The van der Waals surface area contributed by atoms with Crippen molar-refractivity contribution in [3.63, 3.8) is 0 Å². The van der Waals surface area contributed by atoms with Gasteiger partial charge in [-0.1, -0.05) is 0 Å². The second kappa shape index (κ2) is 10.7. The lowest BCUT2D eigenvalue weighted by Crippen LogP contribution is -3.61. The van der Waals surface area contributed by atoms with Crippen LogP contribution in [0, 0.1) is 7.14 Å². The van der Waals surface area contributed by atoms with E-state index in [0.717, 1.165) is 17.9 Å². The molecule has 0 atom stereocenters. The molecule has 2 aromatic carbocycles. The first-order chi connectivity index (χ1) is 18.2. The van der Waals surface area contributed by atoms with Crippen molar-refractivity contribution < 1.29 is 82.5 Å². The van der Waals surface area contributed by atoms with Crippen LogP contribution >= 0.6 is 0 Å². The number of hydrogen-bond donors (Lipinski definition) is 0. The first-order valence-electron chi connectivity index (χ1n) is 10.1. The molecule has 0 bridgehead atoms. The molecular formula is C22H10F9IO7S. The summed E-state index contributed by atoms with van der Waals surface area (Å²) in [7, 11) is -7.42. The zero-order valence-electron chi connectivity index (χ0n) is 18.8. The monoisotopic (exact) mass is 716 g/mol. The number of benzene rings is 2. The fourth-order valence-corrected chi connectivity index (χ4v) is 5.59. The van der Waals surface area contributed by atoms with Crippen molar-refractivity contribution in [1.82, 2.24) is 0 Å². The molecule has 18 heteroatoms. The normalized spacial score (nSPS) is 13.2. The molecule has 0 amide bonds. The van der Waals surface area contributed by atoms with Gasteiger partial charge in [0.2, 0.25) is 0 Å². The Morgan fingerprint density at radius 1 is 0.625 bits per heavy atom. The van der Waals surface area contributed by atoms with Crippen molar-refractivity contribution in [1.29, 1.82) is 0 Å². The second-order valence-electron chi connectivity index (χ2n) is 7.59. The van der Waals surface area contributed by atoms with E-state index in [9.17, 15) is 62.1 Å². The highest BCUT2D eigenvalue weighted by Gasteiger charge is 2.83. The third kappa shape index (κ3) is 6.12. The van der Waals surface area contributed by atoms with Gasteiger partial charge in [0, 0.05) is 35.0 Å². The van der Waals surface area contributed by atoms with Gasteiger partial charge in [0.05, 0.1) is 0 Å². The largest absolute Gasteiger partial charge is 0.743 e. The maximum atomic E-state index is 12.2. The minimum atomic E-state index is -7.43. The second-order valence-corrected chi connectivity index (χ2v) is 12.0. The minimum absolute atomic E-state index is 0.347. The van der Waals surface area contributed by atoms with Crippen molar-refractivity contribution in [3.05, 3.63) is 88.6 Å². The molecule has 4 aromatic rings. The van der Waals surface area contributed by atoms with Crippen LogP contribution < -0.4 is 32.5 Å². The Morgan fingerprint density at radius 3 is 1.35 bits per heavy atom. The summed E-state index contributed by atoms with van der Waals surface area (Å²) in [6, 6.07) is 18.2. The average molecular weight is 716 g/mol. The van der Waals surface area contributed by atoms with Crippen molar-refractivity contribution >= 4 is 32.1 Å². The molecule has 4 rings (SSSR count). The predicted octanol–water partition coefficient (Wildman–Crippen LogP) is 1.99. The first kappa shape index (κ1) is 31.4. The molecule has 2 aromatic heterocycles. The van der Waals surface area contributed by atoms with Crippen LogP contribution in [0.3, 0.4) is 0 Å². The van der Waals surface area contributed by atoms with E-state index in [1.165, 1.54) is 12.1 Å². The quantitative estimate of drug-likeness (QED) is 0.134. The van der Waals surface area contributed by atoms with E-state index in [2.05, 4.69) is 0 Å². The number of hydrogen-bond acceptors (Lipinski definition) is 7. The molecule has 216 valence electrons. The molecule has 0 radical (unpaired) electrons. The lowest BCUT2D eigenvalue weighted by molar-refractivity contribution is -0.597. The van der Waals surface area contributed by atoms with Gasteiger partial charge in [0.1, 0.15) is 11.2 Å². The maximum Gasteiger partial charge on any atom is 0.460 e. The highest BCUT2D eigenvalue weighted by molar-refractivity contribution is 7.86. The van der Waals surface area contributed by atoms with Gasteiger partial charge in [-0.25, -0.2) is 18.0 Å². The minimum Gasteiger partial charge on any atom is -0.743 e. The standard InChI is InChI=1S/C18H10IO4.C4HF9O3S/c20-17-7-3-11-1-5-13(9-15(11)22-17)19-14-6-2-12-4-8-18(21)23-16(12)10-14;5-1(6,3(9,10)11)2(7,8)4(12,13)17(14,15)16/h1-10H;(H,14,15,16)/q+1;/p-1. The maximum absolute atomic E-state index is 12.2. The molecular weight excluding hydrogens is 706 g/mol. The Bertz CT molecular complexity index is 1690. The number of fused-ring (bicyclic) bond motifs is 2. The van der Waals surface area contributed by atoms with Crippen LogP contribution in [0.15, 0.2) is 79.1 Å². The van der Waals surface area contributed by atoms with Crippen LogP contribution in [0.1, 0.15) is 0 Å². The van der Waals surface area contributed by atoms with Gasteiger partial charge in [-0.2, -0.15) is 39.5 Å². The highest BCUT2D eigenvalue weighted by atomic mass is 127. The molecule has 7 nitrogen and oxygen atoms in total. The van der Waals surface area contributed by atoms with E-state index in [1.54, 1.807) is 12.1 Å². The Hall–Kier alpha value is -3.13. The molecule has 0 N–H and O–H groups in total. The van der Waals surface area contributed by atoms with Gasteiger partial charge in [-0.3, -0.25) is 0 Å². The van der Waals surface area contributed by atoms with E-state index < -0.39 is 54.6 Å². The summed E-state index contributed by atoms with van der Waals surface area (Å²) in [5, 5.41) is -5.30. The Kier molecular flexibility index (Phi) is 8.39. The Balaban J connectivity index is 0.000000234. The molecule has 0 saturated heterocycles. The molecule has 0 aliphatic heterocycles. The summed E-state index contributed by atoms with van der Waals surface area (Å²) in [6.45, 7) is 0. The van der Waals surface area contributed by atoms with Gasteiger partial charge < -0.3 is 13.4 Å². The van der Waals surface area contributed by atoms with Crippen LogP contribution in [0.25, 0.3) is 21.9 Å². The van der Waals surface area contributed by atoms with E-state index in [-0.39, 0.29) is 11.3 Å². The van der Waals surface area contributed by atoms with Gasteiger partial charge >= 0.3 is 55.7 Å². The molecule has 2 heterocycles.